The molecule has 3 rings (SSSR count). The second kappa shape index (κ2) is 12.7. The van der Waals surface area contributed by atoms with Crippen molar-refractivity contribution in [2.24, 2.45) is 5.92 Å². The number of methoxy groups -OCH3 is 1. The van der Waals surface area contributed by atoms with E-state index in [4.69, 9.17) is 9.47 Å². The molecular weight excluding hydrogens is 448 g/mol. The third kappa shape index (κ3) is 7.28. The van der Waals surface area contributed by atoms with Crippen molar-refractivity contribution in [2.75, 3.05) is 46.5 Å². The van der Waals surface area contributed by atoms with Crippen molar-refractivity contribution in [1.82, 2.24) is 9.80 Å². The highest BCUT2D eigenvalue weighted by molar-refractivity contribution is 7.10. The van der Waals surface area contributed by atoms with Gasteiger partial charge in [-0.25, -0.2) is 0 Å². The first-order valence-corrected chi connectivity index (χ1v) is 13.1. The molecule has 0 saturated carbocycles. The normalized spacial score (nSPS) is 16.7. The summed E-state index contributed by atoms with van der Waals surface area (Å²) in [5.74, 6) is 1.47. The molecule has 1 aromatic heterocycles. The summed E-state index contributed by atoms with van der Waals surface area (Å²) < 4.78 is 11.4. The Bertz CT molecular complexity index is 929. The molecule has 188 valence electrons. The summed E-state index contributed by atoms with van der Waals surface area (Å²) in [6.07, 6.45) is 1.23. The van der Waals surface area contributed by atoms with Crippen LogP contribution in [0.2, 0.25) is 0 Å². The molecule has 1 aliphatic rings. The molecule has 0 spiro atoms. The summed E-state index contributed by atoms with van der Waals surface area (Å²) in [7, 11) is 1.58. The zero-order valence-corrected chi connectivity index (χ0v) is 22.1. The molecule has 34 heavy (non-hydrogen) atoms. The van der Waals surface area contributed by atoms with Crippen LogP contribution in [0.1, 0.15) is 47.9 Å². The van der Waals surface area contributed by atoms with Crippen LogP contribution in [0, 0.1) is 19.8 Å². The van der Waals surface area contributed by atoms with Gasteiger partial charge < -0.3 is 19.5 Å². The minimum Gasteiger partial charge on any atom is -0.491 e. The molecule has 1 N–H and O–H groups in total. The van der Waals surface area contributed by atoms with Gasteiger partial charge in [0.15, 0.2) is 0 Å². The Morgan fingerprint density at radius 1 is 1.29 bits per heavy atom. The molecule has 1 aliphatic heterocycles. The van der Waals surface area contributed by atoms with Crippen molar-refractivity contribution < 1.29 is 19.4 Å². The second-order valence-corrected chi connectivity index (χ2v) is 10.8. The average molecular weight is 489 g/mol. The molecule has 2 heterocycles. The van der Waals surface area contributed by atoms with Crippen molar-refractivity contribution in [3.8, 4) is 5.75 Å². The summed E-state index contributed by atoms with van der Waals surface area (Å²) in [5, 5.41) is 12.4. The van der Waals surface area contributed by atoms with E-state index in [1.807, 2.05) is 11.0 Å². The Morgan fingerprint density at radius 3 is 2.79 bits per heavy atom. The molecule has 2 atom stereocenters. The van der Waals surface area contributed by atoms with Gasteiger partial charge in [-0.3, -0.25) is 9.69 Å². The van der Waals surface area contributed by atoms with Gasteiger partial charge in [-0.15, -0.1) is 11.3 Å². The molecule has 2 aromatic rings. The first kappa shape index (κ1) is 26.7. The van der Waals surface area contributed by atoms with Gasteiger partial charge in [0.1, 0.15) is 12.4 Å². The van der Waals surface area contributed by atoms with Crippen LogP contribution in [0.25, 0.3) is 0 Å². The highest BCUT2D eigenvalue weighted by Gasteiger charge is 2.33. The molecule has 6 nitrogen and oxygen atoms in total. The number of nitrogens with zero attached hydrogens (tertiary/aromatic N) is 2. The molecule has 0 unspecified atom stereocenters. The molecule has 0 bridgehead atoms. The third-order valence-corrected chi connectivity index (χ3v) is 7.35. The topological polar surface area (TPSA) is 62.2 Å². The van der Waals surface area contributed by atoms with Gasteiger partial charge in [-0.2, -0.15) is 0 Å². The van der Waals surface area contributed by atoms with Crippen LogP contribution in [0.4, 0.5) is 0 Å². The van der Waals surface area contributed by atoms with Crippen LogP contribution in [-0.4, -0.2) is 73.4 Å². The predicted octanol–water partition coefficient (Wildman–Crippen LogP) is 4.23. The Morgan fingerprint density at radius 2 is 2.09 bits per heavy atom. The minimum atomic E-state index is -0.613. The summed E-state index contributed by atoms with van der Waals surface area (Å²) in [4.78, 5) is 19.0. The Balaban J connectivity index is 1.73. The maximum Gasteiger partial charge on any atom is 0.237 e. The van der Waals surface area contributed by atoms with Crippen molar-refractivity contribution in [3.05, 3.63) is 51.2 Å². The fraction of sp³-hybridized carbons (Fsp3) is 0.593. The first-order chi connectivity index (χ1) is 16.3. The number of fused-ring (bicyclic) bond motifs is 1. The first-order valence-electron chi connectivity index (χ1n) is 12.2. The largest absolute Gasteiger partial charge is 0.491 e. The number of ether oxygens (including phenoxy) is 2. The number of carbonyl (C=O) groups excluding carboxylic acids is 1. The van der Waals surface area contributed by atoms with Gasteiger partial charge in [0.25, 0.3) is 0 Å². The lowest BCUT2D eigenvalue weighted by Gasteiger charge is -2.37. The number of carbonyl (C=O) groups is 1. The average Bonchev–Trinajstić information content (AvgIpc) is 3.26. The lowest BCUT2D eigenvalue weighted by molar-refractivity contribution is -0.136. The van der Waals surface area contributed by atoms with Gasteiger partial charge in [0.2, 0.25) is 5.91 Å². The zero-order valence-electron chi connectivity index (χ0n) is 21.3. The minimum absolute atomic E-state index is 0.0828. The maximum absolute atomic E-state index is 13.6. The molecule has 0 aliphatic carbocycles. The number of rotatable bonds is 12. The third-order valence-electron chi connectivity index (χ3n) is 6.35. The Hall–Kier alpha value is -1.93. The number of hydrogen-bond donors (Lipinski definition) is 1. The van der Waals surface area contributed by atoms with E-state index in [2.05, 4.69) is 56.2 Å². The molecule has 0 fully saturated rings. The van der Waals surface area contributed by atoms with Crippen LogP contribution >= 0.6 is 11.3 Å². The van der Waals surface area contributed by atoms with E-state index in [9.17, 15) is 9.90 Å². The number of thiophene rings is 1. The summed E-state index contributed by atoms with van der Waals surface area (Å²) in [6, 6.07) is 8.21. The van der Waals surface area contributed by atoms with Gasteiger partial charge in [-0.05, 0) is 67.8 Å². The zero-order chi connectivity index (χ0) is 24.7. The number of aryl methyl sites for hydroxylation is 2. The summed E-state index contributed by atoms with van der Waals surface area (Å²) >= 11 is 1.76. The smallest absolute Gasteiger partial charge is 0.237 e. The van der Waals surface area contributed by atoms with E-state index >= 15 is 0 Å². The molecule has 7 heteroatoms. The van der Waals surface area contributed by atoms with Gasteiger partial charge in [-0.1, -0.05) is 31.5 Å². The molecule has 0 radical (unpaired) electrons. The standard InChI is InChI=1S/C27H40N2O4S/c1-19(2)8-11-28(15-22(30)17-32-5)16-27(31)29-12-9-26-23(10-13-34-26)24(29)18-33-25-7-6-20(3)14-21(25)4/h6-7,10,13-14,19,22,24,30H,8-9,11-12,15-18H2,1-5H3/t22-,24-/m1/s1. The molecule has 1 amide bonds. The highest BCUT2D eigenvalue weighted by atomic mass is 32.1. The van der Waals surface area contributed by atoms with E-state index in [0.717, 1.165) is 30.7 Å². The van der Waals surface area contributed by atoms with E-state index in [1.54, 1.807) is 18.4 Å². The monoisotopic (exact) mass is 488 g/mol. The fourth-order valence-electron chi connectivity index (χ4n) is 4.51. The Kier molecular flexibility index (Phi) is 9.95. The van der Waals surface area contributed by atoms with E-state index in [1.165, 1.54) is 16.0 Å². The second-order valence-electron chi connectivity index (χ2n) is 9.76. The van der Waals surface area contributed by atoms with Crippen molar-refractivity contribution in [1.29, 1.82) is 0 Å². The van der Waals surface area contributed by atoms with Crippen molar-refractivity contribution in [2.45, 2.75) is 52.7 Å². The van der Waals surface area contributed by atoms with Crippen LogP contribution in [0.5, 0.6) is 5.75 Å². The summed E-state index contributed by atoms with van der Waals surface area (Å²) in [5.41, 5.74) is 3.50. The van der Waals surface area contributed by atoms with E-state index < -0.39 is 6.10 Å². The molecular formula is C27H40N2O4S. The van der Waals surface area contributed by atoms with Crippen molar-refractivity contribution >= 4 is 17.2 Å². The van der Waals surface area contributed by atoms with E-state index in [0.29, 0.717) is 25.6 Å². The number of benzene rings is 1. The lowest BCUT2D eigenvalue weighted by atomic mass is 10.00. The number of hydrogen-bond acceptors (Lipinski definition) is 6. The number of aliphatic hydroxyl groups excluding tert-OH is 1. The lowest BCUT2D eigenvalue weighted by Crippen LogP contribution is -2.48. The van der Waals surface area contributed by atoms with Crippen LogP contribution < -0.4 is 4.74 Å². The number of amides is 1. The Labute approximate surface area is 208 Å². The van der Waals surface area contributed by atoms with Gasteiger partial charge in [0.05, 0.1) is 25.3 Å². The van der Waals surface area contributed by atoms with Gasteiger partial charge in [0, 0.05) is 25.1 Å². The number of aliphatic hydroxyl groups is 1. The predicted molar refractivity (Wildman–Crippen MR) is 138 cm³/mol. The van der Waals surface area contributed by atoms with Crippen LogP contribution in [-0.2, 0) is 16.0 Å². The highest BCUT2D eigenvalue weighted by Crippen LogP contribution is 2.34. The van der Waals surface area contributed by atoms with Crippen molar-refractivity contribution in [3.63, 3.8) is 0 Å². The van der Waals surface area contributed by atoms with Crippen LogP contribution in [0.3, 0.4) is 0 Å². The van der Waals surface area contributed by atoms with E-state index in [-0.39, 0.29) is 25.1 Å². The summed E-state index contributed by atoms with van der Waals surface area (Å²) in [6.45, 7) is 11.3. The fourth-order valence-corrected chi connectivity index (χ4v) is 5.43. The molecule has 0 saturated heterocycles. The van der Waals surface area contributed by atoms with Crippen LogP contribution in [0.15, 0.2) is 29.6 Å². The molecule has 1 aromatic carbocycles. The van der Waals surface area contributed by atoms with Gasteiger partial charge >= 0.3 is 0 Å². The SMILES string of the molecule is COC[C@H](O)CN(CCC(C)C)CC(=O)N1CCc2sccc2[C@H]1COc1ccc(C)cc1C. The quantitative estimate of drug-likeness (QED) is 0.485. The maximum atomic E-state index is 13.6.